The molecule has 0 spiro atoms. The molecule has 3 aliphatic heterocycles. The van der Waals surface area contributed by atoms with Gasteiger partial charge >= 0.3 is 29.9 Å². The Morgan fingerprint density at radius 3 is 1.86 bits per heavy atom. The van der Waals surface area contributed by atoms with Crippen molar-refractivity contribution >= 4 is 60.8 Å². The van der Waals surface area contributed by atoms with Crippen molar-refractivity contribution in [2.75, 3.05) is 11.9 Å². The molecule has 2 saturated heterocycles. The standard InChI is InChI=1S/C43H56N4O11Si/c1-25(48)54-32-42(29-24-45(36(52)56-38(3,4)5)30-22-18-16-20-27(29)30)28-21-17-19-23-31(28)46(37(53)57-39(6,7)8)33(42)47-34(50)41(12,58-59(14,15)40(9,10)11)44(13)35(51)43(32,47)55-26(2)49/h16-24,32-33H,1-15H3/t32-,33+,41?,42+,43+/m0/s1. The number of ether oxygens (including phenoxy) is 4. The average molecular weight is 833 g/mol. The number of rotatable bonds is 5. The van der Waals surface area contributed by atoms with Gasteiger partial charge in [0.25, 0.3) is 11.8 Å². The minimum Gasteiger partial charge on any atom is -0.454 e. The number of hydrogen-bond donors (Lipinski definition) is 0. The number of hydrogen-bond acceptors (Lipinski definition) is 11. The number of aromatic nitrogens is 1. The van der Waals surface area contributed by atoms with Gasteiger partial charge in [0.1, 0.15) is 22.8 Å². The van der Waals surface area contributed by atoms with E-state index in [9.17, 15) is 19.2 Å². The van der Waals surface area contributed by atoms with Gasteiger partial charge in [0, 0.05) is 32.5 Å². The Bertz CT molecular complexity index is 2280. The Kier molecular flexibility index (Phi) is 10.0. The summed E-state index contributed by atoms with van der Waals surface area (Å²) in [5.41, 5.74) is -7.55. The lowest BCUT2D eigenvalue weighted by molar-refractivity contribution is -0.243. The van der Waals surface area contributed by atoms with E-state index in [1.165, 1.54) is 29.6 Å². The van der Waals surface area contributed by atoms with Gasteiger partial charge in [-0.15, -0.1) is 0 Å². The third-order valence-electron chi connectivity index (χ3n) is 11.7. The first-order chi connectivity index (χ1) is 27.0. The zero-order valence-electron chi connectivity index (χ0n) is 36.6. The van der Waals surface area contributed by atoms with Crippen LogP contribution >= 0.6 is 0 Å². The highest BCUT2D eigenvalue weighted by Gasteiger charge is 2.85. The molecule has 6 rings (SSSR count). The molecule has 4 heterocycles. The molecule has 0 radical (unpaired) electrons. The van der Waals surface area contributed by atoms with Gasteiger partial charge in [-0.2, -0.15) is 0 Å². The van der Waals surface area contributed by atoms with E-state index in [4.69, 9.17) is 23.4 Å². The van der Waals surface area contributed by atoms with E-state index >= 15 is 9.59 Å². The zero-order chi connectivity index (χ0) is 44.2. The second kappa shape index (κ2) is 13.7. The van der Waals surface area contributed by atoms with Crippen molar-refractivity contribution in [3.05, 3.63) is 65.9 Å². The van der Waals surface area contributed by atoms with E-state index in [0.717, 1.165) is 23.6 Å². The molecular weight excluding hydrogens is 777 g/mol. The highest BCUT2D eigenvalue weighted by molar-refractivity contribution is 6.74. The number of likely N-dealkylation sites (N-methyl/N-ethyl adjacent to an activating group) is 1. The summed E-state index contributed by atoms with van der Waals surface area (Å²) in [6.07, 6.45) is -3.70. The summed E-state index contributed by atoms with van der Waals surface area (Å²) in [4.78, 5) is 91.3. The first-order valence-corrected chi connectivity index (χ1v) is 22.5. The Morgan fingerprint density at radius 1 is 0.746 bits per heavy atom. The van der Waals surface area contributed by atoms with E-state index in [2.05, 4.69) is 0 Å². The summed E-state index contributed by atoms with van der Waals surface area (Å²) in [5, 5.41) is -0.0253. The monoisotopic (exact) mass is 832 g/mol. The summed E-state index contributed by atoms with van der Waals surface area (Å²) in [6, 6.07) is 13.6. The number of carbonyl (C=O) groups excluding carboxylic acids is 6. The third-order valence-corrected chi connectivity index (χ3v) is 16.2. The fourth-order valence-corrected chi connectivity index (χ4v) is 9.90. The maximum absolute atomic E-state index is 16.0. The van der Waals surface area contributed by atoms with Crippen LogP contribution in [0.3, 0.4) is 0 Å². The quantitative estimate of drug-likeness (QED) is 0.147. The van der Waals surface area contributed by atoms with Crippen molar-refractivity contribution in [1.29, 1.82) is 0 Å². The van der Waals surface area contributed by atoms with Gasteiger partial charge in [-0.05, 0) is 89.9 Å². The van der Waals surface area contributed by atoms with Crippen molar-refractivity contribution in [3.63, 3.8) is 0 Å². The molecular formula is C43H56N4O11Si. The molecule has 15 nitrogen and oxygen atoms in total. The molecule has 3 amide bonds. The van der Waals surface area contributed by atoms with Gasteiger partial charge in [0.15, 0.2) is 14.4 Å². The van der Waals surface area contributed by atoms with Crippen LogP contribution in [0.25, 0.3) is 10.9 Å². The lowest BCUT2D eigenvalue weighted by Gasteiger charge is -2.55. The number of esters is 2. The number of carbonyl (C=O) groups is 6. The largest absolute Gasteiger partial charge is 0.454 e. The van der Waals surface area contributed by atoms with E-state index in [1.54, 1.807) is 90.1 Å². The summed E-state index contributed by atoms with van der Waals surface area (Å²) >= 11 is 0. The molecule has 2 fully saturated rings. The average Bonchev–Trinajstić information content (AvgIpc) is 3.68. The zero-order valence-corrected chi connectivity index (χ0v) is 37.6. The predicted molar refractivity (Wildman–Crippen MR) is 220 cm³/mol. The van der Waals surface area contributed by atoms with Gasteiger partial charge in [-0.25, -0.2) is 9.59 Å². The van der Waals surface area contributed by atoms with Gasteiger partial charge in [0.2, 0.25) is 5.72 Å². The first kappa shape index (κ1) is 43.4. The van der Waals surface area contributed by atoms with Gasteiger partial charge in [-0.1, -0.05) is 57.2 Å². The maximum atomic E-state index is 16.0. The molecule has 59 heavy (non-hydrogen) atoms. The van der Waals surface area contributed by atoms with Crippen LogP contribution in [0, 0.1) is 0 Å². The Morgan fingerprint density at radius 2 is 1.31 bits per heavy atom. The third kappa shape index (κ3) is 6.49. The van der Waals surface area contributed by atoms with Crippen LogP contribution in [-0.4, -0.2) is 101 Å². The summed E-state index contributed by atoms with van der Waals surface area (Å²) in [6.45, 7) is 23.7. The Balaban J connectivity index is 1.83. The highest BCUT2D eigenvalue weighted by atomic mass is 28.4. The molecule has 3 aromatic rings. The number of benzene rings is 2. The van der Waals surface area contributed by atoms with Gasteiger partial charge < -0.3 is 28.3 Å². The first-order valence-electron chi connectivity index (χ1n) is 19.6. The number of para-hydroxylation sites is 2. The van der Waals surface area contributed by atoms with Crippen LogP contribution in [-0.2, 0) is 48.0 Å². The van der Waals surface area contributed by atoms with Gasteiger partial charge in [0.05, 0.1) is 11.2 Å². The van der Waals surface area contributed by atoms with Crippen molar-refractivity contribution in [1.82, 2.24) is 14.4 Å². The van der Waals surface area contributed by atoms with E-state index in [0.29, 0.717) is 16.5 Å². The molecule has 318 valence electrons. The Hall–Kier alpha value is -5.22. The fraction of sp³-hybridized carbons (Fsp3) is 0.535. The van der Waals surface area contributed by atoms with Gasteiger partial charge in [-0.3, -0.25) is 33.5 Å². The predicted octanol–water partition coefficient (Wildman–Crippen LogP) is 7.04. The molecule has 0 bridgehead atoms. The molecule has 1 aromatic heterocycles. The van der Waals surface area contributed by atoms with Crippen LogP contribution in [0.4, 0.5) is 15.3 Å². The van der Waals surface area contributed by atoms with Crippen molar-refractivity contribution in [2.24, 2.45) is 0 Å². The number of amides is 3. The number of fused-ring (bicyclic) bond motifs is 6. The fourth-order valence-electron chi connectivity index (χ4n) is 8.37. The van der Waals surface area contributed by atoms with Crippen molar-refractivity contribution in [2.45, 2.75) is 142 Å². The second-order valence-corrected chi connectivity index (χ2v) is 23.9. The highest BCUT2D eigenvalue weighted by Crippen LogP contribution is 2.65. The normalized spacial score (nSPS) is 25.7. The van der Waals surface area contributed by atoms with Crippen LogP contribution in [0.15, 0.2) is 54.7 Å². The van der Waals surface area contributed by atoms with E-state index < -0.39 is 89.6 Å². The van der Waals surface area contributed by atoms with Crippen molar-refractivity contribution < 1.29 is 52.1 Å². The van der Waals surface area contributed by atoms with Crippen LogP contribution in [0.5, 0.6) is 0 Å². The molecule has 0 aliphatic carbocycles. The minimum absolute atomic E-state index is 0.251. The summed E-state index contributed by atoms with van der Waals surface area (Å²) in [5.74, 6) is -3.68. The molecule has 5 atom stereocenters. The smallest absolute Gasteiger partial charge is 0.419 e. The number of anilines is 1. The Labute approximate surface area is 345 Å². The number of piperazine rings is 1. The lowest BCUT2D eigenvalue weighted by atomic mass is 9.69. The van der Waals surface area contributed by atoms with Crippen LogP contribution < -0.4 is 4.90 Å². The molecule has 2 aromatic carbocycles. The molecule has 1 unspecified atom stereocenters. The van der Waals surface area contributed by atoms with Crippen LogP contribution in [0.2, 0.25) is 18.1 Å². The second-order valence-electron chi connectivity index (χ2n) is 19.2. The molecule has 0 saturated carbocycles. The SMILES string of the molecule is CC(=O)O[C@H]1[C@]2(c3cn(C(=O)OC(C)(C)C)c4ccccc34)c3ccccc3N(C(=O)OC(C)(C)C)[C@@H]2N2C(=O)C(C)(O[Si](C)(C)C(C)(C)C)N(C)C(=O)[C@]12OC(C)=O. The molecule has 3 aliphatic rings. The summed E-state index contributed by atoms with van der Waals surface area (Å²) < 4.78 is 32.6. The lowest BCUT2D eigenvalue weighted by Crippen LogP contribution is -2.80. The molecule has 0 N–H and O–H groups in total. The maximum Gasteiger partial charge on any atom is 0.419 e. The molecule has 16 heteroatoms. The van der Waals surface area contributed by atoms with Crippen molar-refractivity contribution in [3.8, 4) is 0 Å². The summed E-state index contributed by atoms with van der Waals surface area (Å²) in [7, 11) is -1.56. The van der Waals surface area contributed by atoms with E-state index in [-0.39, 0.29) is 11.3 Å². The minimum atomic E-state index is -2.93. The topological polar surface area (TPSA) is 163 Å². The number of nitrogens with zero attached hydrogens (tertiary/aromatic N) is 4. The van der Waals surface area contributed by atoms with Crippen LogP contribution in [0.1, 0.15) is 94.2 Å². The van der Waals surface area contributed by atoms with E-state index in [1.807, 2.05) is 33.9 Å².